The topological polar surface area (TPSA) is 42.0 Å². The molecule has 2 aromatic carbocycles. The Bertz CT molecular complexity index is 697. The molecule has 2 aromatic rings. The van der Waals surface area contributed by atoms with E-state index < -0.39 is 0 Å². The quantitative estimate of drug-likeness (QED) is 0.783. The minimum absolute atomic E-state index is 0.207. The lowest BCUT2D eigenvalue weighted by molar-refractivity contribution is -0.147. The molecular weight excluding hydrogens is 316 g/mol. The molecule has 1 heterocycles. The van der Waals surface area contributed by atoms with E-state index in [1.807, 2.05) is 48.5 Å². The molecule has 1 atom stereocenters. The number of benzene rings is 2. The molecule has 0 N–H and O–H groups in total. The van der Waals surface area contributed by atoms with Crippen LogP contribution >= 0.6 is 0 Å². The Kier molecular flexibility index (Phi) is 5.56. The second-order valence-corrected chi connectivity index (χ2v) is 6.06. The zero-order chi connectivity index (χ0) is 17.6. The summed E-state index contributed by atoms with van der Waals surface area (Å²) in [7, 11) is 3.13. The molecule has 5 heteroatoms. The largest absolute Gasteiger partial charge is 0.497 e. The Balaban J connectivity index is 1.72. The van der Waals surface area contributed by atoms with Gasteiger partial charge in [0.05, 0.1) is 14.2 Å². The number of ether oxygens (including phenoxy) is 2. The van der Waals surface area contributed by atoms with Crippen LogP contribution in [0, 0.1) is 0 Å². The second-order valence-electron chi connectivity index (χ2n) is 6.06. The van der Waals surface area contributed by atoms with Crippen molar-refractivity contribution in [2.75, 3.05) is 45.3 Å². The Morgan fingerprint density at radius 1 is 0.960 bits per heavy atom. The molecule has 0 amide bonds. The van der Waals surface area contributed by atoms with Crippen LogP contribution in [-0.4, -0.2) is 51.3 Å². The zero-order valence-electron chi connectivity index (χ0n) is 14.7. The lowest BCUT2D eigenvalue weighted by atomic mass is 10.0. The molecule has 0 radical (unpaired) electrons. The molecule has 0 aliphatic carbocycles. The van der Waals surface area contributed by atoms with Crippen molar-refractivity contribution in [2.45, 2.75) is 6.04 Å². The lowest BCUT2D eigenvalue weighted by Gasteiger charge is -2.39. The molecule has 1 fully saturated rings. The van der Waals surface area contributed by atoms with Gasteiger partial charge in [-0.2, -0.15) is 0 Å². The summed E-state index contributed by atoms with van der Waals surface area (Å²) in [6, 6.07) is 17.6. The van der Waals surface area contributed by atoms with E-state index in [1.165, 1.54) is 7.11 Å². The fraction of sp³-hybridized carbons (Fsp3) is 0.350. The molecule has 1 aliphatic rings. The van der Waals surface area contributed by atoms with E-state index in [0.717, 1.165) is 43.2 Å². The van der Waals surface area contributed by atoms with E-state index in [0.29, 0.717) is 0 Å². The van der Waals surface area contributed by atoms with Crippen molar-refractivity contribution in [3.8, 4) is 5.75 Å². The minimum atomic E-state index is -0.348. The van der Waals surface area contributed by atoms with Crippen molar-refractivity contribution in [3.63, 3.8) is 0 Å². The fourth-order valence-corrected chi connectivity index (χ4v) is 3.29. The normalized spacial score (nSPS) is 16.3. The van der Waals surface area contributed by atoms with Crippen LogP contribution in [0.3, 0.4) is 0 Å². The van der Waals surface area contributed by atoms with Crippen LogP contribution in [0.2, 0.25) is 0 Å². The number of anilines is 1. The maximum Gasteiger partial charge on any atom is 0.327 e. The highest BCUT2D eigenvalue weighted by atomic mass is 16.5. The summed E-state index contributed by atoms with van der Waals surface area (Å²) in [5.41, 5.74) is 2.12. The van der Waals surface area contributed by atoms with Gasteiger partial charge in [-0.15, -0.1) is 0 Å². The molecular formula is C20H24N2O3. The van der Waals surface area contributed by atoms with E-state index in [2.05, 4.69) is 15.9 Å². The predicted molar refractivity (Wildman–Crippen MR) is 98.0 cm³/mol. The summed E-state index contributed by atoms with van der Waals surface area (Å²) in [6.07, 6.45) is 0. The number of piperazine rings is 1. The Morgan fingerprint density at radius 3 is 2.32 bits per heavy atom. The van der Waals surface area contributed by atoms with E-state index in [9.17, 15) is 4.79 Å². The number of carbonyl (C=O) groups excluding carboxylic acids is 1. The standard InChI is InChI=1S/C20H24N2O3/c1-24-18-10-6-9-17(15-18)21-11-13-22(14-12-21)19(20(23)25-2)16-7-4-3-5-8-16/h3-10,15,19H,11-14H2,1-2H3/t19-/m0/s1. The van der Waals surface area contributed by atoms with Gasteiger partial charge in [0.15, 0.2) is 0 Å². The van der Waals surface area contributed by atoms with Gasteiger partial charge in [0, 0.05) is 37.9 Å². The Hall–Kier alpha value is -2.53. The number of hydrogen-bond acceptors (Lipinski definition) is 5. The number of rotatable bonds is 5. The molecule has 0 unspecified atom stereocenters. The van der Waals surface area contributed by atoms with Crippen LogP contribution in [0.1, 0.15) is 11.6 Å². The molecule has 0 aromatic heterocycles. The molecule has 25 heavy (non-hydrogen) atoms. The Labute approximate surface area is 148 Å². The monoisotopic (exact) mass is 340 g/mol. The van der Waals surface area contributed by atoms with Gasteiger partial charge in [-0.25, -0.2) is 4.79 Å². The average molecular weight is 340 g/mol. The van der Waals surface area contributed by atoms with Crippen molar-refractivity contribution in [2.24, 2.45) is 0 Å². The summed E-state index contributed by atoms with van der Waals surface area (Å²) >= 11 is 0. The van der Waals surface area contributed by atoms with Gasteiger partial charge in [-0.05, 0) is 17.7 Å². The van der Waals surface area contributed by atoms with E-state index in [-0.39, 0.29) is 12.0 Å². The molecule has 0 saturated carbocycles. The summed E-state index contributed by atoms with van der Waals surface area (Å²) in [5, 5.41) is 0. The summed E-state index contributed by atoms with van der Waals surface area (Å²) in [6.45, 7) is 3.30. The number of methoxy groups -OCH3 is 2. The van der Waals surface area contributed by atoms with Gasteiger partial charge in [-0.3, -0.25) is 4.90 Å². The van der Waals surface area contributed by atoms with Gasteiger partial charge in [0.1, 0.15) is 11.8 Å². The molecule has 1 saturated heterocycles. The Morgan fingerprint density at radius 2 is 1.68 bits per heavy atom. The highest BCUT2D eigenvalue weighted by Crippen LogP contribution is 2.26. The van der Waals surface area contributed by atoms with E-state index >= 15 is 0 Å². The van der Waals surface area contributed by atoms with Crippen molar-refractivity contribution in [1.29, 1.82) is 0 Å². The molecule has 132 valence electrons. The number of esters is 1. The molecule has 0 bridgehead atoms. The first-order valence-electron chi connectivity index (χ1n) is 8.48. The summed E-state index contributed by atoms with van der Waals surface area (Å²) in [4.78, 5) is 16.9. The van der Waals surface area contributed by atoms with Gasteiger partial charge >= 0.3 is 5.97 Å². The first-order valence-corrected chi connectivity index (χ1v) is 8.48. The first-order chi connectivity index (χ1) is 12.2. The van der Waals surface area contributed by atoms with Crippen LogP contribution < -0.4 is 9.64 Å². The van der Waals surface area contributed by atoms with Gasteiger partial charge < -0.3 is 14.4 Å². The summed E-state index contributed by atoms with van der Waals surface area (Å²) in [5.74, 6) is 0.651. The van der Waals surface area contributed by atoms with Gasteiger partial charge in [0.2, 0.25) is 0 Å². The predicted octanol–water partition coefficient (Wildman–Crippen LogP) is 2.73. The van der Waals surface area contributed by atoms with E-state index in [4.69, 9.17) is 9.47 Å². The van der Waals surface area contributed by atoms with Crippen LogP contribution in [0.4, 0.5) is 5.69 Å². The highest BCUT2D eigenvalue weighted by Gasteiger charge is 2.31. The smallest absolute Gasteiger partial charge is 0.327 e. The SMILES string of the molecule is COC(=O)[C@H](c1ccccc1)N1CCN(c2cccc(OC)c2)CC1. The maximum absolute atomic E-state index is 12.4. The second kappa shape index (κ2) is 8.03. The molecule has 3 rings (SSSR count). The average Bonchev–Trinajstić information content (AvgIpc) is 2.69. The molecule has 0 spiro atoms. The van der Waals surface area contributed by atoms with Gasteiger partial charge in [0.25, 0.3) is 0 Å². The van der Waals surface area contributed by atoms with Crippen LogP contribution in [0.25, 0.3) is 0 Å². The third-order valence-electron chi connectivity index (χ3n) is 4.64. The van der Waals surface area contributed by atoms with Crippen molar-refractivity contribution in [1.82, 2.24) is 4.90 Å². The number of carbonyl (C=O) groups is 1. The fourth-order valence-electron chi connectivity index (χ4n) is 3.29. The third kappa shape index (κ3) is 3.94. The molecule has 5 nitrogen and oxygen atoms in total. The minimum Gasteiger partial charge on any atom is -0.497 e. The van der Waals surface area contributed by atoms with Gasteiger partial charge in [-0.1, -0.05) is 36.4 Å². The van der Waals surface area contributed by atoms with Crippen molar-refractivity contribution in [3.05, 3.63) is 60.2 Å². The first kappa shape index (κ1) is 17.3. The van der Waals surface area contributed by atoms with Crippen LogP contribution in [0.15, 0.2) is 54.6 Å². The molecule has 1 aliphatic heterocycles. The van der Waals surface area contributed by atoms with Crippen LogP contribution in [0.5, 0.6) is 5.75 Å². The third-order valence-corrected chi connectivity index (χ3v) is 4.64. The van der Waals surface area contributed by atoms with Crippen molar-refractivity contribution >= 4 is 11.7 Å². The maximum atomic E-state index is 12.4. The highest BCUT2D eigenvalue weighted by molar-refractivity contribution is 5.77. The zero-order valence-corrected chi connectivity index (χ0v) is 14.7. The number of hydrogen-bond donors (Lipinski definition) is 0. The van der Waals surface area contributed by atoms with Crippen molar-refractivity contribution < 1.29 is 14.3 Å². The summed E-state index contributed by atoms with van der Waals surface area (Å²) < 4.78 is 10.4. The number of nitrogens with zero attached hydrogens (tertiary/aromatic N) is 2. The lowest BCUT2D eigenvalue weighted by Crippen LogP contribution is -2.49. The van der Waals surface area contributed by atoms with E-state index in [1.54, 1.807) is 7.11 Å². The van der Waals surface area contributed by atoms with Crippen LogP contribution in [-0.2, 0) is 9.53 Å².